The van der Waals surface area contributed by atoms with Gasteiger partial charge in [0.05, 0.1) is 18.9 Å². The van der Waals surface area contributed by atoms with Gasteiger partial charge in [0.1, 0.15) is 5.75 Å². The van der Waals surface area contributed by atoms with Gasteiger partial charge in [-0.3, -0.25) is 4.79 Å². The minimum absolute atomic E-state index is 0.346. The van der Waals surface area contributed by atoms with Crippen LogP contribution in [0.2, 0.25) is 0 Å². The molecule has 1 heterocycles. The smallest absolute Gasteiger partial charge is 0.250 e. The summed E-state index contributed by atoms with van der Waals surface area (Å²) in [5.74, 6) is 0.590. The maximum absolute atomic E-state index is 11.0. The van der Waals surface area contributed by atoms with Gasteiger partial charge in [-0.25, -0.2) is 4.98 Å². The van der Waals surface area contributed by atoms with Crippen molar-refractivity contribution in [3.8, 4) is 11.6 Å². The molecule has 0 aliphatic rings. The number of hydrogen-bond donors (Lipinski definition) is 1. The highest BCUT2D eigenvalue weighted by Gasteiger charge is 2.05. The van der Waals surface area contributed by atoms with Crippen molar-refractivity contribution in [2.24, 2.45) is 5.73 Å². The number of aryl methyl sites for hydroxylation is 1. The molecule has 0 atom stereocenters. The number of aromatic nitrogens is 1. The van der Waals surface area contributed by atoms with Crippen LogP contribution in [0.4, 0.5) is 0 Å². The summed E-state index contributed by atoms with van der Waals surface area (Å²) in [6.07, 6.45) is 4.86. The Bertz CT molecular complexity index is 664. The molecule has 2 rings (SSSR count). The maximum Gasteiger partial charge on any atom is 0.250 e. The Morgan fingerprint density at radius 2 is 2.10 bits per heavy atom. The van der Waals surface area contributed by atoms with Gasteiger partial charge in [0, 0.05) is 12.3 Å². The number of carbonyl (C=O) groups excluding carboxylic acids is 1. The van der Waals surface area contributed by atoms with E-state index in [1.165, 1.54) is 6.20 Å². The fourth-order valence-electron chi connectivity index (χ4n) is 1.74. The monoisotopic (exact) mass is 284 g/mol. The Morgan fingerprint density at radius 3 is 2.67 bits per heavy atom. The summed E-state index contributed by atoms with van der Waals surface area (Å²) < 4.78 is 10.6. The molecule has 0 saturated heterocycles. The molecule has 21 heavy (non-hydrogen) atoms. The lowest BCUT2D eigenvalue weighted by Crippen LogP contribution is -2.10. The molecule has 0 saturated carbocycles. The van der Waals surface area contributed by atoms with Crippen LogP contribution in [0.15, 0.2) is 42.8 Å². The number of nitrogens with two attached hydrogens (primary N) is 1. The van der Waals surface area contributed by atoms with E-state index in [1.54, 1.807) is 25.5 Å². The Balaban J connectivity index is 2.15. The first-order chi connectivity index (χ1) is 10.1. The third-order valence-electron chi connectivity index (χ3n) is 2.83. The van der Waals surface area contributed by atoms with E-state index in [1.807, 2.05) is 31.2 Å². The zero-order valence-corrected chi connectivity index (χ0v) is 11.9. The minimum Gasteiger partial charge on any atom is -0.504 e. The highest BCUT2D eigenvalue weighted by molar-refractivity contribution is 5.92. The molecule has 0 fully saturated rings. The molecule has 0 aliphatic carbocycles. The highest BCUT2D eigenvalue weighted by Crippen LogP contribution is 2.25. The number of primary amides is 1. The van der Waals surface area contributed by atoms with Crippen LogP contribution < -0.4 is 10.5 Å². The maximum atomic E-state index is 11.0. The number of pyridine rings is 1. The summed E-state index contributed by atoms with van der Waals surface area (Å²) in [6.45, 7) is 1.94. The number of nitrogens with zero attached hydrogens (tertiary/aromatic N) is 1. The molecule has 2 aromatic rings. The molecule has 0 spiro atoms. The van der Waals surface area contributed by atoms with Gasteiger partial charge < -0.3 is 15.2 Å². The largest absolute Gasteiger partial charge is 0.504 e. The molecule has 5 nitrogen and oxygen atoms in total. The van der Waals surface area contributed by atoms with E-state index in [-0.39, 0.29) is 0 Å². The second-order valence-corrected chi connectivity index (χ2v) is 4.41. The Hall–Kier alpha value is -2.82. The van der Waals surface area contributed by atoms with Crippen molar-refractivity contribution in [1.82, 2.24) is 4.98 Å². The van der Waals surface area contributed by atoms with Gasteiger partial charge >= 0.3 is 0 Å². The van der Waals surface area contributed by atoms with E-state index in [4.69, 9.17) is 15.2 Å². The second-order valence-electron chi connectivity index (χ2n) is 4.41. The van der Waals surface area contributed by atoms with E-state index < -0.39 is 5.91 Å². The van der Waals surface area contributed by atoms with Crippen LogP contribution in [0, 0.1) is 6.92 Å². The average Bonchev–Trinajstić information content (AvgIpc) is 2.48. The normalized spacial score (nSPS) is 10.6. The van der Waals surface area contributed by atoms with Gasteiger partial charge in [0.25, 0.3) is 0 Å². The third kappa shape index (κ3) is 3.82. The lowest BCUT2D eigenvalue weighted by atomic mass is 10.1. The van der Waals surface area contributed by atoms with Crippen molar-refractivity contribution in [1.29, 1.82) is 0 Å². The van der Waals surface area contributed by atoms with Crippen molar-refractivity contribution in [2.45, 2.75) is 6.92 Å². The fraction of sp³-hybridized carbons (Fsp3) is 0.125. The first kappa shape index (κ1) is 14.6. The fourth-order valence-corrected chi connectivity index (χ4v) is 1.74. The van der Waals surface area contributed by atoms with E-state index in [9.17, 15) is 4.79 Å². The van der Waals surface area contributed by atoms with Gasteiger partial charge in [0.15, 0.2) is 0 Å². The number of hydrogen-bond acceptors (Lipinski definition) is 4. The minimum atomic E-state index is -0.514. The molecule has 1 amide bonds. The summed E-state index contributed by atoms with van der Waals surface area (Å²) in [6, 6.07) is 8.93. The van der Waals surface area contributed by atoms with Crippen molar-refractivity contribution in [3.63, 3.8) is 0 Å². The van der Waals surface area contributed by atoms with E-state index in [2.05, 4.69) is 4.98 Å². The van der Waals surface area contributed by atoms with E-state index in [0.29, 0.717) is 17.2 Å². The molecular weight excluding hydrogens is 268 g/mol. The second kappa shape index (κ2) is 6.56. The van der Waals surface area contributed by atoms with Crippen LogP contribution in [0.1, 0.15) is 21.5 Å². The number of carbonyl (C=O) groups is 1. The van der Waals surface area contributed by atoms with Gasteiger partial charge in [-0.1, -0.05) is 6.07 Å². The first-order valence-corrected chi connectivity index (χ1v) is 6.34. The molecular formula is C16H16N2O3. The summed E-state index contributed by atoms with van der Waals surface area (Å²) >= 11 is 0. The van der Waals surface area contributed by atoms with Gasteiger partial charge in [-0.2, -0.15) is 0 Å². The molecule has 2 N–H and O–H groups in total. The molecule has 0 aliphatic heterocycles. The number of rotatable bonds is 5. The Morgan fingerprint density at radius 1 is 1.29 bits per heavy atom. The predicted molar refractivity (Wildman–Crippen MR) is 80.1 cm³/mol. The predicted octanol–water partition coefficient (Wildman–Crippen LogP) is 2.90. The molecule has 0 radical (unpaired) electrons. The summed E-state index contributed by atoms with van der Waals surface area (Å²) in [4.78, 5) is 15.0. The number of ether oxygens (including phenoxy) is 2. The number of methoxy groups -OCH3 is 1. The van der Waals surface area contributed by atoms with Gasteiger partial charge in [0.2, 0.25) is 11.8 Å². The third-order valence-corrected chi connectivity index (χ3v) is 2.83. The first-order valence-electron chi connectivity index (χ1n) is 6.34. The zero-order valence-electron chi connectivity index (χ0n) is 11.9. The van der Waals surface area contributed by atoms with Crippen molar-refractivity contribution in [2.75, 3.05) is 7.11 Å². The van der Waals surface area contributed by atoms with Crippen LogP contribution in [-0.4, -0.2) is 18.0 Å². The van der Waals surface area contributed by atoms with Crippen molar-refractivity contribution in [3.05, 3.63) is 59.5 Å². The lowest BCUT2D eigenvalue weighted by molar-refractivity contribution is 0.1000. The van der Waals surface area contributed by atoms with Crippen LogP contribution in [0.25, 0.3) is 6.08 Å². The molecule has 108 valence electrons. The summed E-state index contributed by atoms with van der Waals surface area (Å²) in [5, 5.41) is 0. The molecule has 0 bridgehead atoms. The topological polar surface area (TPSA) is 74.4 Å². The molecule has 1 aromatic carbocycles. The SMILES string of the molecule is CO/C=C/c1ccc(Oc2ccc(C(N)=O)cn2)c(C)c1. The highest BCUT2D eigenvalue weighted by atomic mass is 16.5. The van der Waals surface area contributed by atoms with E-state index >= 15 is 0 Å². The number of amides is 1. The molecule has 0 unspecified atom stereocenters. The summed E-state index contributed by atoms with van der Waals surface area (Å²) in [5.41, 5.74) is 7.49. The Kier molecular flexibility index (Phi) is 4.56. The van der Waals surface area contributed by atoms with Crippen LogP contribution in [-0.2, 0) is 4.74 Å². The summed E-state index contributed by atoms with van der Waals surface area (Å²) in [7, 11) is 1.60. The Labute approximate surface area is 123 Å². The quantitative estimate of drug-likeness (QED) is 0.857. The van der Waals surface area contributed by atoms with Crippen molar-refractivity contribution >= 4 is 12.0 Å². The molecule has 1 aromatic heterocycles. The van der Waals surface area contributed by atoms with Crippen LogP contribution in [0.3, 0.4) is 0 Å². The average molecular weight is 284 g/mol. The van der Waals surface area contributed by atoms with Crippen molar-refractivity contribution < 1.29 is 14.3 Å². The van der Waals surface area contributed by atoms with Crippen LogP contribution >= 0.6 is 0 Å². The van der Waals surface area contributed by atoms with E-state index in [0.717, 1.165) is 11.1 Å². The van der Waals surface area contributed by atoms with Gasteiger partial charge in [-0.15, -0.1) is 0 Å². The lowest BCUT2D eigenvalue weighted by Gasteiger charge is -2.08. The zero-order chi connectivity index (χ0) is 15.2. The van der Waals surface area contributed by atoms with Gasteiger partial charge in [-0.05, 0) is 42.3 Å². The standard InChI is InChI=1S/C16H16N2O3/c1-11-9-12(7-8-20-2)3-5-14(11)21-15-6-4-13(10-18-15)16(17)19/h3-10H,1-2H3,(H2,17,19)/b8-7+. The van der Waals surface area contributed by atoms with Crippen LogP contribution in [0.5, 0.6) is 11.6 Å². The number of benzene rings is 1. The molecule has 5 heteroatoms.